The summed E-state index contributed by atoms with van der Waals surface area (Å²) in [6, 6.07) is 3.79. The number of benzene rings is 1. The van der Waals surface area contributed by atoms with Gasteiger partial charge in [0.1, 0.15) is 0 Å². The summed E-state index contributed by atoms with van der Waals surface area (Å²) in [7, 11) is -3.48. The first kappa shape index (κ1) is 15.0. The van der Waals surface area contributed by atoms with E-state index in [9.17, 15) is 13.5 Å². The zero-order chi connectivity index (χ0) is 15.4. The minimum Gasteiger partial charge on any atom is -0.393 e. The van der Waals surface area contributed by atoms with E-state index in [0.29, 0.717) is 17.7 Å². The van der Waals surface area contributed by atoms with Crippen molar-refractivity contribution in [2.24, 2.45) is 0 Å². The van der Waals surface area contributed by atoms with Crippen LogP contribution in [0.25, 0.3) is 0 Å². The van der Waals surface area contributed by atoms with Crippen molar-refractivity contribution < 1.29 is 13.5 Å². The average Bonchev–Trinajstić information content (AvgIpc) is 2.61. The lowest BCUT2D eigenvalue weighted by molar-refractivity contribution is 0.0768. The molecule has 1 aromatic carbocycles. The molecule has 0 aromatic heterocycles. The van der Waals surface area contributed by atoms with E-state index in [1.165, 1.54) is 0 Å². The molecular formula is C16H23NO3S. The molecule has 2 saturated heterocycles. The first-order chi connectivity index (χ1) is 9.80. The summed E-state index contributed by atoms with van der Waals surface area (Å²) in [5, 5.41) is 9.87. The molecule has 0 aliphatic carbocycles. The smallest absolute Gasteiger partial charge is 0.244 e. The lowest BCUT2D eigenvalue weighted by Crippen LogP contribution is -2.48. The molecule has 1 N–H and O–H groups in total. The zero-order valence-corrected chi connectivity index (χ0v) is 13.7. The molecule has 2 unspecified atom stereocenters. The van der Waals surface area contributed by atoms with Crippen molar-refractivity contribution in [3.05, 3.63) is 28.8 Å². The molecule has 2 atom stereocenters. The van der Waals surface area contributed by atoms with Crippen molar-refractivity contribution >= 4 is 10.0 Å². The van der Waals surface area contributed by atoms with Crippen LogP contribution in [0.2, 0.25) is 0 Å². The highest BCUT2D eigenvalue weighted by atomic mass is 32.2. The maximum atomic E-state index is 13.2. The van der Waals surface area contributed by atoms with Crippen molar-refractivity contribution in [2.45, 2.75) is 69.5 Å². The molecule has 2 bridgehead atoms. The van der Waals surface area contributed by atoms with Gasteiger partial charge < -0.3 is 5.11 Å². The number of aliphatic hydroxyl groups is 1. The molecule has 2 heterocycles. The second-order valence-electron chi connectivity index (χ2n) is 6.57. The molecule has 1 aromatic rings. The number of hydrogen-bond acceptors (Lipinski definition) is 3. The standard InChI is InChI=1S/C16H23NO3S/c1-10-6-11(2)16(12(3)7-10)21(19,20)17-13-4-5-14(17)9-15(18)8-13/h6-7,13-15,18H,4-5,8-9H2,1-3H3. The van der Waals surface area contributed by atoms with Gasteiger partial charge in [0.15, 0.2) is 0 Å². The molecule has 21 heavy (non-hydrogen) atoms. The molecule has 0 spiro atoms. The van der Waals surface area contributed by atoms with Gasteiger partial charge in [-0.05, 0) is 57.6 Å². The summed E-state index contributed by atoms with van der Waals surface area (Å²) < 4.78 is 28.0. The summed E-state index contributed by atoms with van der Waals surface area (Å²) in [4.78, 5) is 0.460. The van der Waals surface area contributed by atoms with E-state index < -0.39 is 10.0 Å². The molecule has 2 aliphatic rings. The van der Waals surface area contributed by atoms with Gasteiger partial charge in [0.05, 0.1) is 11.0 Å². The highest BCUT2D eigenvalue weighted by Gasteiger charge is 2.47. The number of hydrogen-bond donors (Lipinski definition) is 1. The van der Waals surface area contributed by atoms with Gasteiger partial charge in [0.2, 0.25) is 10.0 Å². The second-order valence-corrected chi connectivity index (χ2v) is 8.35. The van der Waals surface area contributed by atoms with E-state index in [-0.39, 0.29) is 18.2 Å². The van der Waals surface area contributed by atoms with Gasteiger partial charge in [-0.3, -0.25) is 0 Å². The Labute approximate surface area is 126 Å². The van der Waals surface area contributed by atoms with Crippen LogP contribution in [0.5, 0.6) is 0 Å². The molecule has 116 valence electrons. The zero-order valence-electron chi connectivity index (χ0n) is 12.8. The maximum absolute atomic E-state index is 13.2. The predicted molar refractivity (Wildman–Crippen MR) is 81.7 cm³/mol. The Balaban J connectivity index is 2.06. The van der Waals surface area contributed by atoms with Crippen LogP contribution < -0.4 is 0 Å². The van der Waals surface area contributed by atoms with Gasteiger partial charge in [-0.2, -0.15) is 4.31 Å². The van der Waals surface area contributed by atoms with Crippen molar-refractivity contribution in [1.29, 1.82) is 0 Å². The Hall–Kier alpha value is -0.910. The van der Waals surface area contributed by atoms with Crippen molar-refractivity contribution in [1.82, 2.24) is 4.31 Å². The van der Waals surface area contributed by atoms with E-state index in [4.69, 9.17) is 0 Å². The Morgan fingerprint density at radius 3 is 2.00 bits per heavy atom. The molecule has 0 radical (unpaired) electrons. The van der Waals surface area contributed by atoms with E-state index in [2.05, 4.69) is 0 Å². The van der Waals surface area contributed by atoms with Gasteiger partial charge >= 0.3 is 0 Å². The second kappa shape index (κ2) is 5.07. The topological polar surface area (TPSA) is 57.6 Å². The Morgan fingerprint density at radius 1 is 1.05 bits per heavy atom. The van der Waals surface area contributed by atoms with Gasteiger partial charge in [-0.15, -0.1) is 0 Å². The van der Waals surface area contributed by atoms with Crippen molar-refractivity contribution in [3.63, 3.8) is 0 Å². The molecule has 4 nitrogen and oxygen atoms in total. The number of fused-ring (bicyclic) bond motifs is 2. The summed E-state index contributed by atoms with van der Waals surface area (Å²) in [6.07, 6.45) is 2.52. The summed E-state index contributed by atoms with van der Waals surface area (Å²) in [6.45, 7) is 5.72. The number of rotatable bonds is 2. The number of aliphatic hydroxyl groups excluding tert-OH is 1. The molecular weight excluding hydrogens is 286 g/mol. The Morgan fingerprint density at radius 2 is 1.52 bits per heavy atom. The van der Waals surface area contributed by atoms with Crippen LogP contribution in [0.3, 0.4) is 0 Å². The fourth-order valence-electron chi connectivity index (χ4n) is 4.18. The van der Waals surface area contributed by atoms with Gasteiger partial charge in [0.25, 0.3) is 0 Å². The average molecular weight is 309 g/mol. The fourth-order valence-corrected chi connectivity index (χ4v) is 6.49. The van der Waals surface area contributed by atoms with Crippen LogP contribution in [0.4, 0.5) is 0 Å². The lowest BCUT2D eigenvalue weighted by atomic mass is 10.0. The van der Waals surface area contributed by atoms with Crippen LogP contribution in [0.15, 0.2) is 17.0 Å². The molecule has 3 rings (SSSR count). The van der Waals surface area contributed by atoms with Crippen LogP contribution in [-0.4, -0.2) is 36.0 Å². The van der Waals surface area contributed by atoms with Crippen LogP contribution >= 0.6 is 0 Å². The highest BCUT2D eigenvalue weighted by molar-refractivity contribution is 7.89. The number of aryl methyl sites for hydroxylation is 3. The molecule has 2 fully saturated rings. The third-order valence-electron chi connectivity index (χ3n) is 4.78. The number of sulfonamides is 1. The summed E-state index contributed by atoms with van der Waals surface area (Å²) in [5.41, 5.74) is 2.72. The largest absolute Gasteiger partial charge is 0.393 e. The SMILES string of the molecule is Cc1cc(C)c(S(=O)(=O)N2C3CCC2CC(O)C3)c(C)c1. The number of piperidine rings is 1. The third kappa shape index (κ3) is 2.41. The third-order valence-corrected chi connectivity index (χ3v) is 7.09. The minimum atomic E-state index is -3.48. The Kier molecular flexibility index (Phi) is 3.62. The lowest BCUT2D eigenvalue weighted by Gasteiger charge is -2.36. The van der Waals surface area contributed by atoms with Crippen molar-refractivity contribution in [2.75, 3.05) is 0 Å². The summed E-state index contributed by atoms with van der Waals surface area (Å²) in [5.74, 6) is 0. The van der Waals surface area contributed by atoms with Crippen LogP contribution in [-0.2, 0) is 10.0 Å². The maximum Gasteiger partial charge on any atom is 0.244 e. The molecule has 2 aliphatic heterocycles. The van der Waals surface area contributed by atoms with Crippen molar-refractivity contribution in [3.8, 4) is 0 Å². The Bertz CT molecular complexity index is 631. The highest BCUT2D eigenvalue weighted by Crippen LogP contribution is 2.40. The molecule has 5 heteroatoms. The fraction of sp³-hybridized carbons (Fsp3) is 0.625. The summed E-state index contributed by atoms with van der Waals surface area (Å²) >= 11 is 0. The first-order valence-electron chi connectivity index (χ1n) is 7.60. The van der Waals surface area contributed by atoms with Gasteiger partial charge in [-0.1, -0.05) is 17.7 Å². The molecule has 0 saturated carbocycles. The monoisotopic (exact) mass is 309 g/mol. The van der Waals surface area contributed by atoms with E-state index in [1.807, 2.05) is 32.9 Å². The van der Waals surface area contributed by atoms with E-state index >= 15 is 0 Å². The quantitative estimate of drug-likeness (QED) is 0.912. The number of nitrogens with zero attached hydrogens (tertiary/aromatic N) is 1. The van der Waals surface area contributed by atoms with Crippen LogP contribution in [0.1, 0.15) is 42.4 Å². The van der Waals surface area contributed by atoms with E-state index in [0.717, 1.165) is 29.5 Å². The molecule has 0 amide bonds. The normalized spacial score (nSPS) is 29.8. The first-order valence-corrected chi connectivity index (χ1v) is 9.04. The predicted octanol–water partition coefficient (Wildman–Crippen LogP) is 2.29. The van der Waals surface area contributed by atoms with Gasteiger partial charge in [0, 0.05) is 12.1 Å². The minimum absolute atomic E-state index is 0.0381. The van der Waals surface area contributed by atoms with Gasteiger partial charge in [-0.25, -0.2) is 8.42 Å². The van der Waals surface area contributed by atoms with E-state index in [1.54, 1.807) is 4.31 Å². The van der Waals surface area contributed by atoms with Crippen LogP contribution in [0, 0.1) is 20.8 Å².